The highest BCUT2D eigenvalue weighted by atomic mass is 79.9. The number of benzene rings is 2. The Morgan fingerprint density at radius 3 is 2.43 bits per heavy atom. The van der Waals surface area contributed by atoms with Crippen molar-refractivity contribution < 1.29 is 8.42 Å². The molecule has 0 fully saturated rings. The summed E-state index contributed by atoms with van der Waals surface area (Å²) < 4.78 is 28.0. The number of hydrogen-bond acceptors (Lipinski definition) is 2. The third-order valence-electron chi connectivity index (χ3n) is 3.89. The Balaban J connectivity index is 2.19. The van der Waals surface area contributed by atoms with Crippen LogP contribution in [0.2, 0.25) is 0 Å². The van der Waals surface area contributed by atoms with E-state index in [0.29, 0.717) is 16.5 Å². The summed E-state index contributed by atoms with van der Waals surface area (Å²) in [4.78, 5) is 0.339. The summed E-state index contributed by atoms with van der Waals surface area (Å²) in [5.41, 5.74) is 2.00. The first kappa shape index (κ1) is 16.3. The van der Waals surface area contributed by atoms with Crippen LogP contribution in [-0.2, 0) is 16.4 Å². The Morgan fingerprint density at radius 2 is 1.74 bits per heavy atom. The number of alkyl halides is 1. The van der Waals surface area contributed by atoms with E-state index in [4.69, 9.17) is 0 Å². The lowest BCUT2D eigenvalue weighted by molar-refractivity contribution is 0.574. The lowest BCUT2D eigenvalue weighted by Crippen LogP contribution is -2.10. The summed E-state index contributed by atoms with van der Waals surface area (Å²) in [6.45, 7) is 2.61. The topological polar surface area (TPSA) is 39.1 Å². The van der Waals surface area contributed by atoms with Gasteiger partial charge in [0.1, 0.15) is 5.03 Å². The van der Waals surface area contributed by atoms with Crippen LogP contribution in [0, 0.1) is 6.92 Å². The van der Waals surface area contributed by atoms with Crippen LogP contribution in [0.3, 0.4) is 0 Å². The van der Waals surface area contributed by atoms with Gasteiger partial charge in [-0.15, -0.1) is 0 Å². The molecule has 0 spiro atoms. The lowest BCUT2D eigenvalue weighted by Gasteiger charge is -2.11. The highest BCUT2D eigenvalue weighted by molar-refractivity contribution is 9.09. The number of para-hydroxylation sites is 1. The molecule has 0 unspecified atom stereocenters. The Kier molecular flexibility index (Phi) is 4.60. The number of hydrogen-bond donors (Lipinski definition) is 0. The minimum absolute atomic E-state index is 0.339. The molecule has 0 aliphatic heterocycles. The molecule has 0 amide bonds. The Morgan fingerprint density at radius 1 is 1.04 bits per heavy atom. The molecule has 5 heteroatoms. The predicted molar refractivity (Wildman–Crippen MR) is 97.0 cm³/mol. The molecular formula is C18H18BrNO2S. The van der Waals surface area contributed by atoms with Crippen molar-refractivity contribution in [1.29, 1.82) is 0 Å². The normalized spacial score (nSPS) is 11.9. The summed E-state index contributed by atoms with van der Waals surface area (Å²) in [7, 11) is -3.53. The van der Waals surface area contributed by atoms with Gasteiger partial charge in [-0.3, -0.25) is 0 Å². The van der Waals surface area contributed by atoms with Gasteiger partial charge in [-0.2, -0.15) is 0 Å². The van der Waals surface area contributed by atoms with Crippen LogP contribution < -0.4 is 0 Å². The molecule has 0 N–H and O–H groups in total. The maximum absolute atomic E-state index is 13.1. The van der Waals surface area contributed by atoms with E-state index in [9.17, 15) is 8.42 Å². The van der Waals surface area contributed by atoms with E-state index in [2.05, 4.69) is 15.9 Å². The zero-order chi connectivity index (χ0) is 16.4. The SMILES string of the molecule is Cc1ccc(S(=O)(=O)c2cc3ccccc3n2CCCBr)cc1. The van der Waals surface area contributed by atoms with Crippen molar-refractivity contribution in [2.24, 2.45) is 0 Å². The van der Waals surface area contributed by atoms with Crippen molar-refractivity contribution in [3.05, 3.63) is 60.2 Å². The number of aryl methyl sites for hydroxylation is 2. The van der Waals surface area contributed by atoms with Gasteiger partial charge >= 0.3 is 0 Å². The van der Waals surface area contributed by atoms with Gasteiger partial charge in [0.25, 0.3) is 0 Å². The Hall–Kier alpha value is -1.59. The van der Waals surface area contributed by atoms with E-state index in [1.54, 1.807) is 18.2 Å². The fraction of sp³-hybridized carbons (Fsp3) is 0.222. The smallest absolute Gasteiger partial charge is 0.222 e. The van der Waals surface area contributed by atoms with Crippen LogP contribution in [0.25, 0.3) is 10.9 Å². The molecule has 1 aromatic heterocycles. The number of sulfone groups is 1. The highest BCUT2D eigenvalue weighted by Gasteiger charge is 2.23. The van der Waals surface area contributed by atoms with Crippen molar-refractivity contribution in [2.75, 3.05) is 5.33 Å². The zero-order valence-electron chi connectivity index (χ0n) is 12.9. The first-order valence-electron chi connectivity index (χ1n) is 7.50. The minimum Gasteiger partial charge on any atom is -0.331 e. The summed E-state index contributed by atoms with van der Waals surface area (Å²) in [5, 5.41) is 2.15. The number of aromatic nitrogens is 1. The number of nitrogens with zero attached hydrogens (tertiary/aromatic N) is 1. The summed E-state index contributed by atoms with van der Waals surface area (Å²) in [6, 6.07) is 16.6. The molecule has 0 atom stereocenters. The van der Waals surface area contributed by atoms with Crippen LogP contribution in [-0.4, -0.2) is 18.3 Å². The first-order valence-corrected chi connectivity index (χ1v) is 10.1. The second-order valence-electron chi connectivity index (χ2n) is 5.55. The van der Waals surface area contributed by atoms with Crippen molar-refractivity contribution in [1.82, 2.24) is 4.57 Å². The van der Waals surface area contributed by atoms with Crippen LogP contribution in [0.5, 0.6) is 0 Å². The van der Waals surface area contributed by atoms with Crippen molar-refractivity contribution in [3.8, 4) is 0 Å². The van der Waals surface area contributed by atoms with Crippen molar-refractivity contribution in [2.45, 2.75) is 29.8 Å². The van der Waals surface area contributed by atoms with Crippen LogP contribution in [0.15, 0.2) is 64.5 Å². The number of fused-ring (bicyclic) bond motifs is 1. The number of rotatable bonds is 5. The molecule has 23 heavy (non-hydrogen) atoms. The quantitative estimate of drug-likeness (QED) is 0.597. The molecule has 0 aliphatic rings. The lowest BCUT2D eigenvalue weighted by atomic mass is 10.2. The molecule has 120 valence electrons. The van der Waals surface area contributed by atoms with E-state index >= 15 is 0 Å². The van der Waals surface area contributed by atoms with Crippen LogP contribution in [0.1, 0.15) is 12.0 Å². The molecule has 0 bridgehead atoms. The first-order chi connectivity index (χ1) is 11.0. The molecule has 3 aromatic rings. The third kappa shape index (κ3) is 3.08. The molecule has 0 aliphatic carbocycles. The Bertz CT molecular complexity index is 927. The fourth-order valence-corrected chi connectivity index (χ4v) is 4.44. The monoisotopic (exact) mass is 391 g/mol. The molecule has 0 saturated carbocycles. The maximum Gasteiger partial charge on any atom is 0.222 e. The van der Waals surface area contributed by atoms with Gasteiger partial charge in [-0.05, 0) is 37.6 Å². The largest absolute Gasteiger partial charge is 0.331 e. The molecule has 3 rings (SSSR count). The molecule has 0 saturated heterocycles. The summed E-state index contributed by atoms with van der Waals surface area (Å²) in [6.07, 6.45) is 0.870. The average molecular weight is 392 g/mol. The second-order valence-corrected chi connectivity index (χ2v) is 8.24. The maximum atomic E-state index is 13.1. The molecule has 2 aromatic carbocycles. The molecule has 3 nitrogen and oxygen atoms in total. The van der Waals surface area contributed by atoms with Gasteiger partial charge in [-0.25, -0.2) is 8.42 Å². The van der Waals surface area contributed by atoms with Gasteiger partial charge in [0.2, 0.25) is 9.84 Å². The van der Waals surface area contributed by atoms with Crippen molar-refractivity contribution in [3.63, 3.8) is 0 Å². The molecule has 1 heterocycles. The predicted octanol–water partition coefficient (Wildman–Crippen LogP) is 4.57. The summed E-state index contributed by atoms with van der Waals surface area (Å²) in [5.74, 6) is 0. The molecule has 0 radical (unpaired) electrons. The van der Waals surface area contributed by atoms with E-state index < -0.39 is 9.84 Å². The van der Waals surface area contributed by atoms with Gasteiger partial charge in [0, 0.05) is 22.8 Å². The molecular weight excluding hydrogens is 374 g/mol. The zero-order valence-corrected chi connectivity index (χ0v) is 15.3. The van der Waals surface area contributed by atoms with Crippen LogP contribution in [0.4, 0.5) is 0 Å². The highest BCUT2D eigenvalue weighted by Crippen LogP contribution is 2.28. The third-order valence-corrected chi connectivity index (χ3v) is 6.24. The summed E-state index contributed by atoms with van der Waals surface area (Å²) >= 11 is 3.42. The van der Waals surface area contributed by atoms with Crippen molar-refractivity contribution >= 4 is 36.7 Å². The van der Waals surface area contributed by atoms with Gasteiger partial charge < -0.3 is 4.57 Å². The average Bonchev–Trinajstić information content (AvgIpc) is 2.93. The van der Waals surface area contributed by atoms with E-state index in [-0.39, 0.29) is 0 Å². The van der Waals surface area contributed by atoms with Gasteiger partial charge in [0.05, 0.1) is 4.90 Å². The van der Waals surface area contributed by atoms with E-state index in [0.717, 1.165) is 28.2 Å². The minimum atomic E-state index is -3.53. The number of halogens is 1. The standard InChI is InChI=1S/C18H18BrNO2S/c1-14-7-9-16(10-8-14)23(21,22)18-13-15-5-2-3-6-17(15)20(18)12-4-11-19/h2-3,5-10,13H,4,11-12H2,1H3. The van der Waals surface area contributed by atoms with Gasteiger partial charge in [0.15, 0.2) is 0 Å². The van der Waals surface area contributed by atoms with E-state index in [1.807, 2.05) is 47.9 Å². The van der Waals surface area contributed by atoms with E-state index in [1.165, 1.54) is 0 Å². The van der Waals surface area contributed by atoms with Gasteiger partial charge in [-0.1, -0.05) is 51.8 Å². The fourth-order valence-electron chi connectivity index (χ4n) is 2.69. The Labute approximate surface area is 145 Å². The second kappa shape index (κ2) is 6.49. The van der Waals surface area contributed by atoms with Crippen LogP contribution >= 0.6 is 15.9 Å².